The molecule has 7 nitrogen and oxygen atoms in total. The van der Waals surface area contributed by atoms with Crippen LogP contribution in [0.25, 0.3) is 28.3 Å². The topological polar surface area (TPSA) is 82.0 Å². The van der Waals surface area contributed by atoms with Gasteiger partial charge in [0, 0.05) is 12.3 Å². The van der Waals surface area contributed by atoms with Crippen molar-refractivity contribution in [1.29, 1.82) is 0 Å². The summed E-state index contributed by atoms with van der Waals surface area (Å²) in [5.41, 5.74) is 1.36. The van der Waals surface area contributed by atoms with Gasteiger partial charge >= 0.3 is 0 Å². The molecule has 0 unspecified atom stereocenters. The molecule has 0 aliphatic rings. The number of para-hydroxylation sites is 1. The summed E-state index contributed by atoms with van der Waals surface area (Å²) in [6.45, 7) is 1.70. The van der Waals surface area contributed by atoms with Gasteiger partial charge in [0.2, 0.25) is 17.0 Å². The van der Waals surface area contributed by atoms with E-state index < -0.39 is 0 Å². The Balaban J connectivity index is 2.07. The van der Waals surface area contributed by atoms with E-state index >= 15 is 0 Å². The van der Waals surface area contributed by atoms with Crippen LogP contribution in [0.15, 0.2) is 28.7 Å². The van der Waals surface area contributed by atoms with Gasteiger partial charge in [0.15, 0.2) is 5.65 Å². The van der Waals surface area contributed by atoms with E-state index in [1.165, 1.54) is 4.52 Å². The first kappa shape index (κ1) is 11.3. The molecular weight excluding hydrogens is 280 g/mol. The highest BCUT2D eigenvalue weighted by Crippen LogP contribution is 2.23. The van der Waals surface area contributed by atoms with Gasteiger partial charge in [-0.3, -0.25) is 0 Å². The molecule has 0 aliphatic carbocycles. The van der Waals surface area contributed by atoms with E-state index in [1.807, 2.05) is 24.3 Å². The summed E-state index contributed by atoms with van der Waals surface area (Å²) in [5.74, 6) is 1.03. The van der Waals surface area contributed by atoms with Gasteiger partial charge in [-0.25, -0.2) is 9.97 Å². The molecule has 0 amide bonds. The van der Waals surface area contributed by atoms with Crippen molar-refractivity contribution in [3.8, 4) is 11.7 Å². The van der Waals surface area contributed by atoms with Crippen LogP contribution in [0.2, 0.25) is 5.28 Å². The van der Waals surface area contributed by atoms with Crippen molar-refractivity contribution in [2.24, 2.45) is 0 Å². The first-order valence-electron chi connectivity index (χ1n) is 5.84. The quantitative estimate of drug-likeness (QED) is 0.499. The Morgan fingerprint density at radius 1 is 1.15 bits per heavy atom. The highest BCUT2D eigenvalue weighted by molar-refractivity contribution is 6.29. The summed E-state index contributed by atoms with van der Waals surface area (Å²) in [4.78, 5) is 8.69. The maximum atomic E-state index is 6.12. The van der Waals surface area contributed by atoms with Gasteiger partial charge in [-0.1, -0.05) is 12.1 Å². The Bertz CT molecular complexity index is 944. The van der Waals surface area contributed by atoms with Gasteiger partial charge in [-0.2, -0.15) is 4.52 Å². The smallest absolute Gasteiger partial charge is 0.287 e. The van der Waals surface area contributed by atoms with Crippen LogP contribution < -0.4 is 0 Å². The van der Waals surface area contributed by atoms with Crippen LogP contribution >= 0.6 is 11.6 Å². The third kappa shape index (κ3) is 1.56. The maximum Gasteiger partial charge on any atom is 0.287 e. The molecule has 0 spiro atoms. The molecule has 0 bridgehead atoms. The molecule has 0 saturated carbocycles. The molecule has 0 fully saturated rings. The number of hydrogen-bond donors (Lipinski definition) is 0. The molecule has 0 aliphatic heterocycles. The van der Waals surface area contributed by atoms with E-state index in [2.05, 4.69) is 25.3 Å². The Kier molecular flexibility index (Phi) is 2.25. The molecular formula is C12H7ClN6O. The summed E-state index contributed by atoms with van der Waals surface area (Å²) >= 11 is 6.12. The van der Waals surface area contributed by atoms with Gasteiger partial charge in [0.25, 0.3) is 5.89 Å². The molecule has 3 heterocycles. The molecule has 8 heteroatoms. The van der Waals surface area contributed by atoms with E-state index in [0.29, 0.717) is 17.4 Å². The number of benzene rings is 1. The van der Waals surface area contributed by atoms with Crippen molar-refractivity contribution in [3.05, 3.63) is 35.4 Å². The van der Waals surface area contributed by atoms with Gasteiger partial charge in [0.05, 0.1) is 5.52 Å². The van der Waals surface area contributed by atoms with Gasteiger partial charge in [0.1, 0.15) is 0 Å². The van der Waals surface area contributed by atoms with Crippen molar-refractivity contribution in [2.45, 2.75) is 6.92 Å². The van der Waals surface area contributed by atoms with Gasteiger partial charge < -0.3 is 4.42 Å². The van der Waals surface area contributed by atoms with Crippen molar-refractivity contribution in [3.63, 3.8) is 0 Å². The van der Waals surface area contributed by atoms with Gasteiger partial charge in [-0.15, -0.1) is 15.3 Å². The molecule has 98 valence electrons. The van der Waals surface area contributed by atoms with Crippen molar-refractivity contribution < 1.29 is 4.42 Å². The number of rotatable bonds is 1. The fourth-order valence-electron chi connectivity index (χ4n) is 2.00. The lowest BCUT2D eigenvalue weighted by Crippen LogP contribution is -1.94. The molecule has 1 aromatic carbocycles. The number of halogens is 1. The van der Waals surface area contributed by atoms with Crippen LogP contribution in [0, 0.1) is 6.92 Å². The molecule has 0 N–H and O–H groups in total. The lowest BCUT2D eigenvalue weighted by Gasteiger charge is -1.99. The fourth-order valence-corrected chi connectivity index (χ4v) is 2.21. The average Bonchev–Trinajstić information content (AvgIpc) is 3.05. The van der Waals surface area contributed by atoms with Crippen LogP contribution in [0.4, 0.5) is 0 Å². The second-order valence-corrected chi connectivity index (χ2v) is 4.53. The molecule has 20 heavy (non-hydrogen) atoms. The van der Waals surface area contributed by atoms with E-state index in [9.17, 15) is 0 Å². The molecule has 0 atom stereocenters. The van der Waals surface area contributed by atoms with E-state index in [0.717, 1.165) is 10.9 Å². The van der Waals surface area contributed by atoms with E-state index in [4.69, 9.17) is 16.0 Å². The summed E-state index contributed by atoms with van der Waals surface area (Å²) < 4.78 is 6.78. The standard InChI is InChI=1S/C12H7ClN6O/c1-6-16-17-11(20-6)9-15-10-7-4-2-3-5-8(7)14-12(13)19(10)18-9/h2-5H,1H3. The summed E-state index contributed by atoms with van der Waals surface area (Å²) in [6.07, 6.45) is 0. The number of nitrogens with zero attached hydrogens (tertiary/aromatic N) is 6. The second kappa shape index (κ2) is 3.97. The lowest BCUT2D eigenvalue weighted by molar-refractivity contribution is 0.528. The first-order chi connectivity index (χ1) is 9.72. The molecule has 3 aromatic heterocycles. The fraction of sp³-hybridized carbons (Fsp3) is 0.0833. The number of aryl methyl sites for hydroxylation is 1. The lowest BCUT2D eigenvalue weighted by atomic mass is 10.2. The minimum Gasteiger partial charge on any atom is -0.418 e. The Hall–Kier alpha value is -2.54. The Morgan fingerprint density at radius 3 is 2.80 bits per heavy atom. The third-order valence-electron chi connectivity index (χ3n) is 2.86. The predicted molar refractivity (Wildman–Crippen MR) is 71.3 cm³/mol. The normalized spacial score (nSPS) is 11.5. The number of fused-ring (bicyclic) bond motifs is 3. The molecule has 0 saturated heterocycles. The third-order valence-corrected chi connectivity index (χ3v) is 3.10. The van der Waals surface area contributed by atoms with E-state index in [-0.39, 0.29) is 11.2 Å². The summed E-state index contributed by atoms with van der Waals surface area (Å²) in [6, 6.07) is 7.57. The highest BCUT2D eigenvalue weighted by Gasteiger charge is 2.16. The highest BCUT2D eigenvalue weighted by atomic mass is 35.5. The van der Waals surface area contributed by atoms with E-state index in [1.54, 1.807) is 6.92 Å². The molecule has 0 radical (unpaired) electrons. The van der Waals surface area contributed by atoms with Crippen molar-refractivity contribution in [1.82, 2.24) is 29.8 Å². The first-order valence-corrected chi connectivity index (χ1v) is 6.22. The van der Waals surface area contributed by atoms with Crippen LogP contribution in [-0.4, -0.2) is 29.8 Å². The molecule has 4 aromatic rings. The maximum absolute atomic E-state index is 6.12. The Morgan fingerprint density at radius 2 is 2.00 bits per heavy atom. The van der Waals surface area contributed by atoms with Crippen LogP contribution in [0.5, 0.6) is 0 Å². The largest absolute Gasteiger partial charge is 0.418 e. The zero-order valence-electron chi connectivity index (χ0n) is 10.3. The number of aromatic nitrogens is 6. The monoisotopic (exact) mass is 286 g/mol. The van der Waals surface area contributed by atoms with Gasteiger partial charge in [-0.05, 0) is 23.7 Å². The minimum absolute atomic E-state index is 0.230. The predicted octanol–water partition coefficient (Wildman–Crippen LogP) is 2.29. The van der Waals surface area contributed by atoms with Crippen LogP contribution in [0.3, 0.4) is 0 Å². The zero-order chi connectivity index (χ0) is 13.7. The number of hydrogen-bond acceptors (Lipinski definition) is 6. The zero-order valence-corrected chi connectivity index (χ0v) is 11.0. The Labute approximate surface area is 117 Å². The van der Waals surface area contributed by atoms with Crippen LogP contribution in [0.1, 0.15) is 5.89 Å². The second-order valence-electron chi connectivity index (χ2n) is 4.20. The van der Waals surface area contributed by atoms with Crippen molar-refractivity contribution >= 4 is 28.2 Å². The summed E-state index contributed by atoms with van der Waals surface area (Å²) in [7, 11) is 0. The average molecular weight is 287 g/mol. The SMILES string of the molecule is Cc1nnc(-c2nc3c4ccccc4nc(Cl)n3n2)o1. The van der Waals surface area contributed by atoms with Crippen LogP contribution in [-0.2, 0) is 0 Å². The molecule has 4 rings (SSSR count). The summed E-state index contributed by atoms with van der Waals surface area (Å²) in [5, 5.41) is 13.0. The van der Waals surface area contributed by atoms with Crippen molar-refractivity contribution in [2.75, 3.05) is 0 Å². The minimum atomic E-state index is 0.230.